The second-order valence-electron chi connectivity index (χ2n) is 4.26. The molecule has 0 aromatic carbocycles. The summed E-state index contributed by atoms with van der Waals surface area (Å²) in [6.45, 7) is 4.54. The second-order valence-corrected chi connectivity index (χ2v) is 4.26. The number of amides is 2. The molecule has 1 unspecified atom stereocenters. The summed E-state index contributed by atoms with van der Waals surface area (Å²) in [5, 5.41) is 11.6. The molecule has 0 aliphatic rings. The minimum Gasteiger partial charge on any atom is -0.480 e. The Kier molecular flexibility index (Phi) is 5.24. The average molecular weight is 283 g/mol. The molecule has 1 rings (SSSR count). The van der Waals surface area contributed by atoms with Crippen LogP contribution in [-0.2, 0) is 9.59 Å². The van der Waals surface area contributed by atoms with E-state index in [9.17, 15) is 14.4 Å². The van der Waals surface area contributed by atoms with Gasteiger partial charge >= 0.3 is 5.97 Å². The third-order valence-electron chi connectivity index (χ3n) is 2.75. The largest absolute Gasteiger partial charge is 0.480 e. The summed E-state index contributed by atoms with van der Waals surface area (Å²) in [5.41, 5.74) is 0.386. The first-order valence-electron chi connectivity index (χ1n) is 6.03. The van der Waals surface area contributed by atoms with E-state index in [-0.39, 0.29) is 24.8 Å². The number of nitrogens with zero attached hydrogens (tertiary/aromatic N) is 2. The molecule has 2 amide bonds. The maximum atomic E-state index is 12.3. The molecule has 8 nitrogen and oxygen atoms in total. The van der Waals surface area contributed by atoms with Crippen LogP contribution in [0.1, 0.15) is 30.1 Å². The maximum Gasteiger partial charge on any atom is 0.326 e. The fourth-order valence-corrected chi connectivity index (χ4v) is 1.59. The molecule has 1 heterocycles. The lowest BCUT2D eigenvalue weighted by Gasteiger charge is -2.25. The highest BCUT2D eigenvalue weighted by molar-refractivity contribution is 5.95. The molecule has 0 radical (unpaired) electrons. The number of rotatable bonds is 6. The van der Waals surface area contributed by atoms with Crippen molar-refractivity contribution in [3.63, 3.8) is 0 Å². The van der Waals surface area contributed by atoms with Crippen molar-refractivity contribution in [2.24, 2.45) is 0 Å². The molecule has 1 atom stereocenters. The highest BCUT2D eigenvalue weighted by Crippen LogP contribution is 2.12. The minimum atomic E-state index is -1.14. The van der Waals surface area contributed by atoms with Crippen molar-refractivity contribution in [2.45, 2.75) is 26.8 Å². The Morgan fingerprint density at radius 1 is 1.50 bits per heavy atom. The zero-order valence-electron chi connectivity index (χ0n) is 11.5. The van der Waals surface area contributed by atoms with Gasteiger partial charge in [-0.3, -0.25) is 9.59 Å². The van der Waals surface area contributed by atoms with E-state index >= 15 is 0 Å². The van der Waals surface area contributed by atoms with Crippen LogP contribution in [0.5, 0.6) is 0 Å². The number of carboxylic acid groups (broad SMARTS) is 1. The lowest BCUT2D eigenvalue weighted by molar-refractivity contribution is -0.141. The lowest BCUT2D eigenvalue weighted by atomic mass is 10.2. The van der Waals surface area contributed by atoms with E-state index < -0.39 is 17.9 Å². The van der Waals surface area contributed by atoms with E-state index in [0.717, 1.165) is 11.3 Å². The Morgan fingerprint density at radius 3 is 2.60 bits per heavy atom. The Balaban J connectivity index is 2.87. The lowest BCUT2D eigenvalue weighted by Crippen LogP contribution is -2.46. The van der Waals surface area contributed by atoms with E-state index in [1.807, 2.05) is 0 Å². The van der Waals surface area contributed by atoms with E-state index in [2.05, 4.69) is 10.3 Å². The second kappa shape index (κ2) is 6.69. The molecule has 0 aliphatic carbocycles. The molecular weight excluding hydrogens is 266 g/mol. The molecule has 110 valence electrons. The van der Waals surface area contributed by atoms with E-state index in [0.29, 0.717) is 5.69 Å². The van der Waals surface area contributed by atoms with Gasteiger partial charge in [-0.15, -0.1) is 0 Å². The Labute approximate surface area is 115 Å². The minimum absolute atomic E-state index is 0.000856. The molecule has 0 saturated heterocycles. The fraction of sp³-hybridized carbons (Fsp3) is 0.500. The van der Waals surface area contributed by atoms with Crippen molar-refractivity contribution in [1.29, 1.82) is 0 Å². The predicted octanol–water partition coefficient (Wildman–Crippen LogP) is 0.0344. The van der Waals surface area contributed by atoms with Crippen LogP contribution in [-0.4, -0.2) is 51.9 Å². The number of aromatic nitrogens is 1. The summed E-state index contributed by atoms with van der Waals surface area (Å²) in [6, 6.07) is -1.04. The first-order chi connectivity index (χ1) is 9.34. The average Bonchev–Trinajstić information content (AvgIpc) is 2.79. The van der Waals surface area contributed by atoms with Gasteiger partial charge in [-0.05, 0) is 13.8 Å². The van der Waals surface area contributed by atoms with Gasteiger partial charge in [0.15, 0.2) is 6.39 Å². The van der Waals surface area contributed by atoms with Gasteiger partial charge in [0.25, 0.3) is 5.91 Å². The summed E-state index contributed by atoms with van der Waals surface area (Å²) < 4.78 is 4.98. The monoisotopic (exact) mass is 283 g/mol. The van der Waals surface area contributed by atoms with Gasteiger partial charge in [0.1, 0.15) is 6.04 Å². The summed E-state index contributed by atoms with van der Waals surface area (Å²) in [6.07, 6.45) is 1.12. The van der Waals surface area contributed by atoms with Gasteiger partial charge in [0.05, 0.1) is 5.69 Å². The molecule has 0 bridgehead atoms. The summed E-state index contributed by atoms with van der Waals surface area (Å²) in [4.78, 5) is 39.1. The SMILES string of the molecule is CC(=O)NCCN(C(=O)c1ocnc1C)C(C)C(=O)O. The molecule has 1 aromatic heterocycles. The van der Waals surface area contributed by atoms with Crippen LogP contribution in [0, 0.1) is 6.92 Å². The van der Waals surface area contributed by atoms with Gasteiger partial charge in [-0.25, -0.2) is 9.78 Å². The number of carboxylic acids is 1. The Morgan fingerprint density at radius 2 is 2.15 bits per heavy atom. The predicted molar refractivity (Wildman–Crippen MR) is 68.1 cm³/mol. The summed E-state index contributed by atoms with van der Waals surface area (Å²) in [5.74, 6) is -1.96. The van der Waals surface area contributed by atoms with E-state index in [1.165, 1.54) is 13.8 Å². The van der Waals surface area contributed by atoms with Crippen molar-refractivity contribution >= 4 is 17.8 Å². The third-order valence-corrected chi connectivity index (χ3v) is 2.75. The number of aliphatic carboxylic acids is 1. The molecule has 1 aromatic rings. The zero-order chi connectivity index (χ0) is 15.3. The van der Waals surface area contributed by atoms with Crippen molar-refractivity contribution in [3.05, 3.63) is 17.8 Å². The van der Waals surface area contributed by atoms with Crippen molar-refractivity contribution in [1.82, 2.24) is 15.2 Å². The molecule has 0 spiro atoms. The summed E-state index contributed by atoms with van der Waals surface area (Å²) >= 11 is 0. The number of aryl methyl sites for hydroxylation is 1. The molecule has 0 fully saturated rings. The molecule has 0 saturated carbocycles. The standard InChI is InChI=1S/C12H17N3O5/c1-7-10(20-6-14-7)11(17)15(8(2)12(18)19)5-4-13-9(3)16/h6,8H,4-5H2,1-3H3,(H,13,16)(H,18,19). The van der Waals surface area contributed by atoms with Crippen LogP contribution >= 0.6 is 0 Å². The van der Waals surface area contributed by atoms with Gasteiger partial charge < -0.3 is 19.7 Å². The van der Waals surface area contributed by atoms with Crippen LogP contribution in [0.3, 0.4) is 0 Å². The van der Waals surface area contributed by atoms with E-state index in [4.69, 9.17) is 9.52 Å². The van der Waals surface area contributed by atoms with Crippen LogP contribution < -0.4 is 5.32 Å². The maximum absolute atomic E-state index is 12.3. The van der Waals surface area contributed by atoms with Crippen LogP contribution in [0.25, 0.3) is 0 Å². The van der Waals surface area contributed by atoms with Gasteiger partial charge in [-0.1, -0.05) is 0 Å². The highest BCUT2D eigenvalue weighted by Gasteiger charge is 2.29. The van der Waals surface area contributed by atoms with Crippen LogP contribution in [0.15, 0.2) is 10.8 Å². The Bertz CT molecular complexity index is 511. The fourth-order valence-electron chi connectivity index (χ4n) is 1.59. The zero-order valence-corrected chi connectivity index (χ0v) is 11.5. The number of carbonyl (C=O) groups is 3. The smallest absolute Gasteiger partial charge is 0.326 e. The molecule has 2 N–H and O–H groups in total. The van der Waals surface area contributed by atoms with E-state index in [1.54, 1.807) is 6.92 Å². The number of hydrogen-bond acceptors (Lipinski definition) is 5. The number of carbonyl (C=O) groups excluding carboxylic acids is 2. The molecule has 0 aliphatic heterocycles. The van der Waals surface area contributed by atoms with Gasteiger partial charge in [0.2, 0.25) is 11.7 Å². The number of hydrogen-bond donors (Lipinski definition) is 2. The van der Waals surface area contributed by atoms with Crippen molar-refractivity contribution in [3.8, 4) is 0 Å². The molecular formula is C12H17N3O5. The number of oxazole rings is 1. The van der Waals surface area contributed by atoms with Gasteiger partial charge in [0, 0.05) is 20.0 Å². The van der Waals surface area contributed by atoms with Crippen LogP contribution in [0.4, 0.5) is 0 Å². The summed E-state index contributed by atoms with van der Waals surface area (Å²) in [7, 11) is 0. The third kappa shape index (κ3) is 3.81. The van der Waals surface area contributed by atoms with Gasteiger partial charge in [-0.2, -0.15) is 0 Å². The van der Waals surface area contributed by atoms with Crippen molar-refractivity contribution in [2.75, 3.05) is 13.1 Å². The number of nitrogens with one attached hydrogen (secondary N) is 1. The first-order valence-corrected chi connectivity index (χ1v) is 6.03. The topological polar surface area (TPSA) is 113 Å². The first kappa shape index (κ1) is 15.7. The molecule has 8 heteroatoms. The Hall–Kier alpha value is -2.38. The normalized spacial score (nSPS) is 11.8. The van der Waals surface area contributed by atoms with Crippen molar-refractivity contribution < 1.29 is 23.9 Å². The van der Waals surface area contributed by atoms with Crippen LogP contribution in [0.2, 0.25) is 0 Å². The quantitative estimate of drug-likeness (QED) is 0.761. The molecule has 20 heavy (non-hydrogen) atoms. The highest BCUT2D eigenvalue weighted by atomic mass is 16.4.